The van der Waals surface area contributed by atoms with Gasteiger partial charge in [0.05, 0.1) is 0 Å². The fraction of sp³-hybridized carbons (Fsp3) is 0.0417. The molecule has 0 saturated heterocycles. The summed E-state index contributed by atoms with van der Waals surface area (Å²) in [5, 5.41) is 3.58. The summed E-state index contributed by atoms with van der Waals surface area (Å²) < 4.78 is 2.09. The smallest absolute Gasteiger partial charge is 0.139 e. The minimum absolute atomic E-state index is 0.732. The van der Waals surface area contributed by atoms with Gasteiger partial charge in [0.25, 0.3) is 0 Å². The van der Waals surface area contributed by atoms with Crippen molar-refractivity contribution >= 4 is 11.5 Å². The molecule has 29 heavy (non-hydrogen) atoms. The molecule has 0 saturated carbocycles. The van der Waals surface area contributed by atoms with Gasteiger partial charge in [-0.1, -0.05) is 60.7 Å². The van der Waals surface area contributed by atoms with Gasteiger partial charge in [0.15, 0.2) is 0 Å². The van der Waals surface area contributed by atoms with Gasteiger partial charge < -0.3 is 5.32 Å². The first-order chi connectivity index (χ1) is 14.4. The Bertz CT molecular complexity index is 1230. The predicted molar refractivity (Wildman–Crippen MR) is 115 cm³/mol. The van der Waals surface area contributed by atoms with E-state index in [0.717, 1.165) is 40.4 Å². The summed E-state index contributed by atoms with van der Waals surface area (Å²) >= 11 is 0. The molecule has 1 N–H and O–H groups in total. The molecule has 0 bridgehead atoms. The summed E-state index contributed by atoms with van der Waals surface area (Å²) in [7, 11) is 0. The number of nitrogens with one attached hydrogen (secondary N) is 1. The van der Waals surface area contributed by atoms with Gasteiger partial charge in [0, 0.05) is 36.3 Å². The number of hydrogen-bond acceptors (Lipinski definition) is 4. The van der Waals surface area contributed by atoms with Crippen LogP contribution in [0.25, 0.3) is 28.0 Å². The van der Waals surface area contributed by atoms with Crippen molar-refractivity contribution in [2.45, 2.75) is 6.54 Å². The molecule has 2 aromatic carbocycles. The number of benzene rings is 2. The van der Waals surface area contributed by atoms with Gasteiger partial charge in [-0.15, -0.1) is 0 Å². The zero-order valence-corrected chi connectivity index (χ0v) is 15.7. The summed E-state index contributed by atoms with van der Waals surface area (Å²) in [6.07, 6.45) is 7.22. The SMILES string of the molecule is c1ccc(CNc2c(-c3ccc(-c4cncnc4)cc3)nc3ccccn23)cc1. The van der Waals surface area contributed by atoms with Crippen LogP contribution in [0.2, 0.25) is 0 Å². The number of pyridine rings is 1. The Hall–Kier alpha value is -3.99. The zero-order chi connectivity index (χ0) is 19.5. The van der Waals surface area contributed by atoms with Crippen molar-refractivity contribution in [1.29, 1.82) is 0 Å². The summed E-state index contributed by atoms with van der Waals surface area (Å²) in [6, 6.07) is 24.8. The fourth-order valence-electron chi connectivity index (χ4n) is 3.42. The third kappa shape index (κ3) is 3.46. The zero-order valence-electron chi connectivity index (χ0n) is 15.7. The Morgan fingerprint density at radius 2 is 1.45 bits per heavy atom. The standard InChI is InChI=1S/C24H19N5/c1-2-6-18(7-3-1)14-27-24-23(28-22-8-4-5-13-29(22)24)20-11-9-19(10-12-20)21-15-25-17-26-16-21/h1-13,15-17,27H,14H2. The molecule has 0 radical (unpaired) electrons. The van der Waals surface area contributed by atoms with Crippen molar-refractivity contribution in [2.24, 2.45) is 0 Å². The number of nitrogens with zero attached hydrogens (tertiary/aromatic N) is 4. The van der Waals surface area contributed by atoms with E-state index in [4.69, 9.17) is 4.98 Å². The Balaban J connectivity index is 1.52. The lowest BCUT2D eigenvalue weighted by Gasteiger charge is -2.09. The molecule has 0 aliphatic carbocycles. The maximum absolute atomic E-state index is 4.87. The van der Waals surface area contributed by atoms with Crippen molar-refractivity contribution < 1.29 is 0 Å². The highest BCUT2D eigenvalue weighted by Crippen LogP contribution is 2.30. The second-order valence-electron chi connectivity index (χ2n) is 6.78. The quantitative estimate of drug-likeness (QED) is 0.465. The fourth-order valence-corrected chi connectivity index (χ4v) is 3.42. The first kappa shape index (κ1) is 17.1. The van der Waals surface area contributed by atoms with E-state index < -0.39 is 0 Å². The van der Waals surface area contributed by atoms with Crippen molar-refractivity contribution in [3.63, 3.8) is 0 Å². The average Bonchev–Trinajstić information content (AvgIpc) is 3.18. The van der Waals surface area contributed by atoms with E-state index in [1.165, 1.54) is 5.56 Å². The van der Waals surface area contributed by atoms with E-state index >= 15 is 0 Å². The normalized spacial score (nSPS) is 10.9. The van der Waals surface area contributed by atoms with Gasteiger partial charge in [0.2, 0.25) is 0 Å². The highest BCUT2D eigenvalue weighted by molar-refractivity contribution is 5.78. The molecule has 3 heterocycles. The minimum Gasteiger partial charge on any atom is -0.365 e. The van der Waals surface area contributed by atoms with E-state index in [-0.39, 0.29) is 0 Å². The van der Waals surface area contributed by atoms with Crippen molar-refractivity contribution in [3.8, 4) is 22.4 Å². The van der Waals surface area contributed by atoms with E-state index in [1.54, 1.807) is 6.33 Å². The number of hydrogen-bond donors (Lipinski definition) is 1. The summed E-state index contributed by atoms with van der Waals surface area (Å²) in [5.74, 6) is 0.986. The second-order valence-corrected chi connectivity index (χ2v) is 6.78. The highest BCUT2D eigenvalue weighted by atomic mass is 15.1. The van der Waals surface area contributed by atoms with Crippen LogP contribution in [0.4, 0.5) is 5.82 Å². The molecule has 140 valence electrons. The van der Waals surface area contributed by atoms with Crippen LogP contribution in [0.1, 0.15) is 5.56 Å². The largest absolute Gasteiger partial charge is 0.365 e. The van der Waals surface area contributed by atoms with Crippen molar-refractivity contribution in [3.05, 3.63) is 103 Å². The number of anilines is 1. The molecule has 0 aliphatic rings. The van der Waals surface area contributed by atoms with E-state index in [1.807, 2.05) is 42.9 Å². The Morgan fingerprint density at radius 1 is 0.724 bits per heavy atom. The molecular weight excluding hydrogens is 358 g/mol. The molecule has 0 aliphatic heterocycles. The second kappa shape index (κ2) is 7.56. The summed E-state index contributed by atoms with van der Waals surface area (Å²) in [5.41, 5.74) is 6.21. The monoisotopic (exact) mass is 377 g/mol. The van der Waals surface area contributed by atoms with Crippen LogP contribution in [0.5, 0.6) is 0 Å². The summed E-state index contributed by atoms with van der Waals surface area (Å²) in [4.78, 5) is 13.1. The van der Waals surface area contributed by atoms with Crippen LogP contribution in [0, 0.1) is 0 Å². The van der Waals surface area contributed by atoms with Crippen LogP contribution in [-0.4, -0.2) is 19.4 Å². The Kier molecular flexibility index (Phi) is 4.47. The van der Waals surface area contributed by atoms with E-state index in [9.17, 15) is 0 Å². The maximum Gasteiger partial charge on any atom is 0.139 e. The first-order valence-electron chi connectivity index (χ1n) is 9.49. The lowest BCUT2D eigenvalue weighted by molar-refractivity contribution is 1.08. The van der Waals surface area contributed by atoms with Crippen LogP contribution in [0.3, 0.4) is 0 Å². The lowest BCUT2D eigenvalue weighted by Crippen LogP contribution is -2.03. The molecule has 5 rings (SSSR count). The number of rotatable bonds is 5. The first-order valence-corrected chi connectivity index (χ1v) is 9.49. The van der Waals surface area contributed by atoms with Crippen LogP contribution in [0.15, 0.2) is 97.7 Å². The van der Waals surface area contributed by atoms with E-state index in [2.05, 4.69) is 68.2 Å². The van der Waals surface area contributed by atoms with Gasteiger partial charge in [0.1, 0.15) is 23.5 Å². The summed E-state index contributed by atoms with van der Waals surface area (Å²) in [6.45, 7) is 0.732. The topological polar surface area (TPSA) is 55.1 Å². The molecule has 0 spiro atoms. The van der Waals surface area contributed by atoms with Crippen LogP contribution >= 0.6 is 0 Å². The lowest BCUT2D eigenvalue weighted by atomic mass is 10.1. The van der Waals surface area contributed by atoms with Gasteiger partial charge in [-0.3, -0.25) is 4.40 Å². The van der Waals surface area contributed by atoms with Gasteiger partial charge >= 0.3 is 0 Å². The molecule has 0 fully saturated rings. The van der Waals surface area contributed by atoms with Gasteiger partial charge in [-0.05, 0) is 23.3 Å². The maximum atomic E-state index is 4.87. The highest BCUT2D eigenvalue weighted by Gasteiger charge is 2.14. The van der Waals surface area contributed by atoms with Gasteiger partial charge in [-0.25, -0.2) is 15.0 Å². The molecule has 3 aromatic heterocycles. The number of fused-ring (bicyclic) bond motifs is 1. The molecule has 0 unspecified atom stereocenters. The molecule has 5 aromatic rings. The van der Waals surface area contributed by atoms with Crippen molar-refractivity contribution in [1.82, 2.24) is 19.4 Å². The third-order valence-electron chi connectivity index (χ3n) is 4.88. The molecule has 0 atom stereocenters. The number of imidazole rings is 1. The van der Waals surface area contributed by atoms with Crippen LogP contribution in [-0.2, 0) is 6.54 Å². The predicted octanol–water partition coefficient (Wildman–Crippen LogP) is 5.07. The number of aromatic nitrogens is 4. The molecule has 5 nitrogen and oxygen atoms in total. The Labute approximate surface area is 168 Å². The third-order valence-corrected chi connectivity index (χ3v) is 4.88. The molecule has 0 amide bonds. The van der Waals surface area contributed by atoms with E-state index in [0.29, 0.717) is 0 Å². The van der Waals surface area contributed by atoms with Gasteiger partial charge in [-0.2, -0.15) is 0 Å². The average molecular weight is 377 g/mol. The van der Waals surface area contributed by atoms with Crippen molar-refractivity contribution in [2.75, 3.05) is 5.32 Å². The molecule has 5 heteroatoms. The Morgan fingerprint density at radius 3 is 2.24 bits per heavy atom. The molecular formula is C24H19N5. The minimum atomic E-state index is 0.732. The van der Waals surface area contributed by atoms with Crippen LogP contribution < -0.4 is 5.32 Å².